The third-order valence-electron chi connectivity index (χ3n) is 2.15. The minimum atomic E-state index is -0.797. The molecule has 1 aromatic rings. The fourth-order valence-corrected chi connectivity index (χ4v) is 1.33. The Hall–Kier alpha value is -1.85. The van der Waals surface area contributed by atoms with E-state index in [-0.39, 0.29) is 17.2 Å². The van der Waals surface area contributed by atoms with E-state index in [1.165, 1.54) is 0 Å². The highest BCUT2D eigenvalue weighted by Crippen LogP contribution is 2.42. The second-order valence-electron chi connectivity index (χ2n) is 3.27. The molecule has 6 heteroatoms. The van der Waals surface area contributed by atoms with Gasteiger partial charge in [0.2, 0.25) is 0 Å². The largest absolute Gasteiger partial charge is 0.365 e. The molecule has 0 radical (unpaired) electrons. The third kappa shape index (κ3) is 1.24. The van der Waals surface area contributed by atoms with E-state index in [2.05, 4.69) is 5.16 Å². The van der Waals surface area contributed by atoms with Gasteiger partial charge in [-0.3, -0.25) is 9.59 Å². The number of amides is 2. The molecule has 6 nitrogen and oxygen atoms in total. The Morgan fingerprint density at radius 1 is 1.29 bits per heavy atom. The quantitative estimate of drug-likeness (QED) is 0.692. The lowest BCUT2D eigenvalue weighted by atomic mass is 10.1. The zero-order valence-electron chi connectivity index (χ0n) is 7.32. The number of carbonyl (C=O) groups is 2. The molecule has 0 atom stereocenters. The molecule has 0 unspecified atom stereocenters. The zero-order chi connectivity index (χ0) is 10.3. The summed E-state index contributed by atoms with van der Waals surface area (Å²) in [5.74, 6) is -0.958. The van der Waals surface area contributed by atoms with Crippen LogP contribution in [0.5, 0.6) is 0 Å². The molecule has 1 fully saturated rings. The first-order valence-corrected chi connectivity index (χ1v) is 4.20. The Morgan fingerprint density at radius 2 is 1.93 bits per heavy atom. The molecule has 0 aromatic carbocycles. The van der Waals surface area contributed by atoms with Crippen molar-refractivity contribution in [3.05, 3.63) is 17.0 Å². The first-order valence-electron chi connectivity index (χ1n) is 4.20. The highest BCUT2D eigenvalue weighted by Gasteiger charge is 2.35. The van der Waals surface area contributed by atoms with Gasteiger partial charge in [0.1, 0.15) is 5.56 Å². The molecule has 1 aromatic heterocycles. The predicted octanol–water partition coefficient (Wildman–Crippen LogP) is -0.250. The van der Waals surface area contributed by atoms with Gasteiger partial charge in [0.05, 0.1) is 0 Å². The van der Waals surface area contributed by atoms with Gasteiger partial charge in [0.25, 0.3) is 11.8 Å². The zero-order valence-corrected chi connectivity index (χ0v) is 7.32. The van der Waals surface area contributed by atoms with Crippen LogP contribution in [0.1, 0.15) is 45.4 Å². The molecule has 1 heterocycles. The molecular formula is C8H9N3O3. The maximum absolute atomic E-state index is 11.1. The monoisotopic (exact) mass is 195 g/mol. The van der Waals surface area contributed by atoms with Gasteiger partial charge in [-0.2, -0.15) is 0 Å². The van der Waals surface area contributed by atoms with Gasteiger partial charge in [-0.25, -0.2) is 0 Å². The summed E-state index contributed by atoms with van der Waals surface area (Å²) in [5, 5.41) is 3.45. The summed E-state index contributed by atoms with van der Waals surface area (Å²) in [6.07, 6.45) is 1.85. The Balaban J connectivity index is 2.51. The molecule has 0 bridgehead atoms. The summed E-state index contributed by atoms with van der Waals surface area (Å²) in [7, 11) is 0. The van der Waals surface area contributed by atoms with Crippen molar-refractivity contribution in [2.75, 3.05) is 0 Å². The molecule has 1 aliphatic rings. The van der Waals surface area contributed by atoms with Crippen LogP contribution < -0.4 is 11.5 Å². The van der Waals surface area contributed by atoms with Crippen LogP contribution in [0.15, 0.2) is 4.52 Å². The van der Waals surface area contributed by atoms with Crippen LogP contribution in [0.25, 0.3) is 0 Å². The third-order valence-corrected chi connectivity index (χ3v) is 2.15. The van der Waals surface area contributed by atoms with Crippen molar-refractivity contribution in [3.8, 4) is 0 Å². The van der Waals surface area contributed by atoms with Crippen LogP contribution in [-0.4, -0.2) is 17.0 Å². The summed E-state index contributed by atoms with van der Waals surface area (Å²) in [5.41, 5.74) is 10.0. The van der Waals surface area contributed by atoms with Crippen molar-refractivity contribution >= 4 is 11.8 Å². The van der Waals surface area contributed by atoms with Crippen LogP contribution in [0, 0.1) is 0 Å². The second kappa shape index (κ2) is 2.83. The summed E-state index contributed by atoms with van der Waals surface area (Å²) >= 11 is 0. The first kappa shape index (κ1) is 8.74. The Labute approximate surface area is 79.2 Å². The SMILES string of the molecule is NC(=O)c1noc(C2CC2)c1C(N)=O. The van der Waals surface area contributed by atoms with E-state index in [0.29, 0.717) is 5.76 Å². The summed E-state index contributed by atoms with van der Waals surface area (Å²) in [6.45, 7) is 0. The van der Waals surface area contributed by atoms with E-state index in [0.717, 1.165) is 12.8 Å². The summed E-state index contributed by atoms with van der Waals surface area (Å²) < 4.78 is 4.89. The minimum absolute atomic E-state index is 0.0417. The summed E-state index contributed by atoms with van der Waals surface area (Å²) in [6, 6.07) is 0. The number of rotatable bonds is 3. The number of nitrogens with zero attached hydrogens (tertiary/aromatic N) is 1. The van der Waals surface area contributed by atoms with E-state index in [4.69, 9.17) is 16.0 Å². The minimum Gasteiger partial charge on any atom is -0.365 e. The smallest absolute Gasteiger partial charge is 0.271 e. The van der Waals surface area contributed by atoms with Crippen molar-refractivity contribution in [3.63, 3.8) is 0 Å². The lowest BCUT2D eigenvalue weighted by molar-refractivity contribution is 0.0964. The number of primary amides is 2. The molecule has 0 saturated heterocycles. The molecular weight excluding hydrogens is 186 g/mol. The fraction of sp³-hybridized carbons (Fsp3) is 0.375. The molecule has 1 aliphatic carbocycles. The highest BCUT2D eigenvalue weighted by atomic mass is 16.5. The molecule has 14 heavy (non-hydrogen) atoms. The topological polar surface area (TPSA) is 112 Å². The van der Waals surface area contributed by atoms with E-state index < -0.39 is 11.8 Å². The molecule has 74 valence electrons. The first-order chi connectivity index (χ1) is 6.61. The van der Waals surface area contributed by atoms with E-state index >= 15 is 0 Å². The van der Waals surface area contributed by atoms with Crippen LogP contribution in [-0.2, 0) is 0 Å². The number of carbonyl (C=O) groups excluding carboxylic acids is 2. The van der Waals surface area contributed by atoms with Crippen LogP contribution >= 0.6 is 0 Å². The van der Waals surface area contributed by atoms with Gasteiger partial charge in [-0.05, 0) is 12.8 Å². The van der Waals surface area contributed by atoms with Gasteiger partial charge < -0.3 is 16.0 Å². The number of nitrogens with two attached hydrogens (primary N) is 2. The van der Waals surface area contributed by atoms with E-state index in [9.17, 15) is 9.59 Å². The van der Waals surface area contributed by atoms with Gasteiger partial charge in [0, 0.05) is 5.92 Å². The lowest BCUT2D eigenvalue weighted by Crippen LogP contribution is -2.20. The van der Waals surface area contributed by atoms with Gasteiger partial charge >= 0.3 is 0 Å². The van der Waals surface area contributed by atoms with Crippen molar-refractivity contribution < 1.29 is 14.1 Å². The highest BCUT2D eigenvalue weighted by molar-refractivity contribution is 6.05. The average Bonchev–Trinajstić information content (AvgIpc) is 2.83. The van der Waals surface area contributed by atoms with Gasteiger partial charge in [0.15, 0.2) is 11.5 Å². The van der Waals surface area contributed by atoms with E-state index in [1.807, 2.05) is 0 Å². The lowest BCUT2D eigenvalue weighted by Gasteiger charge is -1.94. The molecule has 2 amide bonds. The molecule has 1 saturated carbocycles. The standard InChI is InChI=1S/C8H9N3O3/c9-7(12)4-5(8(10)13)11-14-6(4)3-1-2-3/h3H,1-2H2,(H2,9,12)(H2,10,13). The average molecular weight is 195 g/mol. The Kier molecular flexibility index (Phi) is 1.77. The van der Waals surface area contributed by atoms with Crippen molar-refractivity contribution in [2.24, 2.45) is 11.5 Å². The fourth-order valence-electron chi connectivity index (χ4n) is 1.33. The Bertz CT molecular complexity index is 406. The Morgan fingerprint density at radius 3 is 2.36 bits per heavy atom. The van der Waals surface area contributed by atoms with Crippen LogP contribution in [0.2, 0.25) is 0 Å². The predicted molar refractivity (Wildman–Crippen MR) is 45.5 cm³/mol. The summed E-state index contributed by atoms with van der Waals surface area (Å²) in [4.78, 5) is 21.9. The molecule has 0 aliphatic heterocycles. The molecule has 0 spiro atoms. The van der Waals surface area contributed by atoms with Gasteiger partial charge in [-0.15, -0.1) is 0 Å². The number of aromatic nitrogens is 1. The molecule has 4 N–H and O–H groups in total. The van der Waals surface area contributed by atoms with E-state index in [1.54, 1.807) is 0 Å². The van der Waals surface area contributed by atoms with Crippen molar-refractivity contribution in [1.29, 1.82) is 0 Å². The normalized spacial score (nSPS) is 15.4. The number of hydrogen-bond acceptors (Lipinski definition) is 4. The maximum atomic E-state index is 11.1. The second-order valence-corrected chi connectivity index (χ2v) is 3.27. The van der Waals surface area contributed by atoms with Crippen LogP contribution in [0.3, 0.4) is 0 Å². The van der Waals surface area contributed by atoms with Crippen LogP contribution in [0.4, 0.5) is 0 Å². The molecule has 2 rings (SSSR count). The number of hydrogen-bond donors (Lipinski definition) is 2. The maximum Gasteiger partial charge on any atom is 0.271 e. The van der Waals surface area contributed by atoms with Gasteiger partial charge in [-0.1, -0.05) is 5.16 Å². The van der Waals surface area contributed by atoms with Crippen molar-refractivity contribution in [2.45, 2.75) is 18.8 Å². The van der Waals surface area contributed by atoms with Crippen molar-refractivity contribution in [1.82, 2.24) is 5.16 Å².